The molecule has 2 nitrogen and oxygen atoms in total. The first-order valence-electron chi connectivity index (χ1n) is 5.57. The number of carboxylic acid groups (broad SMARTS) is 1. The van der Waals surface area contributed by atoms with Gasteiger partial charge in [-0.1, -0.05) is 18.7 Å². The van der Waals surface area contributed by atoms with Crippen molar-refractivity contribution >= 4 is 11.5 Å². The molecule has 0 atom stereocenters. The minimum absolute atomic E-state index is 0.0792. The van der Waals surface area contributed by atoms with E-state index in [1.807, 2.05) is 0 Å². The van der Waals surface area contributed by atoms with Gasteiger partial charge in [0, 0.05) is 17.2 Å². The van der Waals surface area contributed by atoms with E-state index < -0.39 is 23.4 Å². The van der Waals surface area contributed by atoms with E-state index in [9.17, 15) is 18.0 Å². The molecule has 0 heterocycles. The van der Waals surface area contributed by atoms with Crippen LogP contribution in [0, 0.1) is 17.5 Å². The average Bonchev–Trinajstić information content (AvgIpc) is 2.38. The number of hydrogen-bond donors (Lipinski definition) is 1. The summed E-state index contributed by atoms with van der Waals surface area (Å²) in [5, 5.41) is 8.76. The van der Waals surface area contributed by atoms with Crippen LogP contribution in [0.5, 0.6) is 0 Å². The zero-order valence-electron chi connectivity index (χ0n) is 10.2. The van der Waals surface area contributed by atoms with Crippen LogP contribution in [-0.2, 0) is 4.79 Å². The predicted molar refractivity (Wildman–Crippen MR) is 68.4 cm³/mol. The normalized spacial score (nSPS) is 10.3. The molecule has 0 aliphatic heterocycles. The predicted octanol–water partition coefficient (Wildman–Crippen LogP) is 3.87. The smallest absolute Gasteiger partial charge is 0.335 e. The lowest BCUT2D eigenvalue weighted by Gasteiger charge is -2.07. The maximum atomic E-state index is 13.9. The minimum Gasteiger partial charge on any atom is -0.478 e. The minimum atomic E-state index is -1.27. The van der Waals surface area contributed by atoms with Gasteiger partial charge in [-0.15, -0.1) is 0 Å². The lowest BCUT2D eigenvalue weighted by Crippen LogP contribution is -1.99. The van der Waals surface area contributed by atoms with Crippen LogP contribution >= 0.6 is 0 Å². The largest absolute Gasteiger partial charge is 0.478 e. The molecule has 0 amide bonds. The average molecular weight is 278 g/mol. The van der Waals surface area contributed by atoms with E-state index in [1.165, 1.54) is 12.1 Å². The van der Waals surface area contributed by atoms with Crippen molar-refractivity contribution in [2.45, 2.75) is 0 Å². The molecular weight excluding hydrogens is 269 g/mol. The molecule has 0 aliphatic carbocycles. The standard InChI is InChI=1S/C15H9F3O2/c1-8(15(19)20)9-2-4-11(13(17)6-9)12-5-3-10(16)7-14(12)18/h2-7H,1H2,(H,19,20). The first-order chi connectivity index (χ1) is 9.40. The maximum Gasteiger partial charge on any atom is 0.335 e. The molecule has 0 aliphatic rings. The van der Waals surface area contributed by atoms with E-state index in [-0.39, 0.29) is 22.3 Å². The van der Waals surface area contributed by atoms with Crippen molar-refractivity contribution in [2.75, 3.05) is 0 Å². The summed E-state index contributed by atoms with van der Waals surface area (Å²) in [6.07, 6.45) is 0. The Kier molecular flexibility index (Phi) is 3.61. The van der Waals surface area contributed by atoms with Gasteiger partial charge >= 0.3 is 5.97 Å². The van der Waals surface area contributed by atoms with Crippen molar-refractivity contribution in [1.29, 1.82) is 0 Å². The number of carboxylic acids is 1. The van der Waals surface area contributed by atoms with Crippen LogP contribution in [0.25, 0.3) is 16.7 Å². The van der Waals surface area contributed by atoms with Crippen molar-refractivity contribution in [2.24, 2.45) is 0 Å². The van der Waals surface area contributed by atoms with Crippen LogP contribution in [0.15, 0.2) is 43.0 Å². The Morgan fingerprint density at radius 3 is 2.00 bits per heavy atom. The summed E-state index contributed by atoms with van der Waals surface area (Å²) in [4.78, 5) is 10.7. The first-order valence-corrected chi connectivity index (χ1v) is 5.57. The molecule has 20 heavy (non-hydrogen) atoms. The molecule has 2 aromatic carbocycles. The lowest BCUT2D eigenvalue weighted by atomic mass is 10.00. The molecule has 5 heteroatoms. The van der Waals surface area contributed by atoms with Gasteiger partial charge in [0.2, 0.25) is 0 Å². The third kappa shape index (κ3) is 2.56. The van der Waals surface area contributed by atoms with Gasteiger partial charge in [-0.3, -0.25) is 0 Å². The Balaban J connectivity index is 2.49. The quantitative estimate of drug-likeness (QED) is 0.865. The molecule has 0 spiro atoms. The molecule has 102 valence electrons. The summed E-state index contributed by atoms with van der Waals surface area (Å²) in [5.41, 5.74) is -0.364. The SMILES string of the molecule is C=C(C(=O)O)c1ccc(-c2ccc(F)cc2F)c(F)c1. The summed E-state index contributed by atoms with van der Waals surface area (Å²) in [7, 11) is 0. The molecule has 0 radical (unpaired) electrons. The second-order valence-electron chi connectivity index (χ2n) is 4.10. The number of rotatable bonds is 3. The number of benzene rings is 2. The summed E-state index contributed by atoms with van der Waals surface area (Å²) in [6.45, 7) is 3.31. The van der Waals surface area contributed by atoms with Gasteiger partial charge in [-0.05, 0) is 23.8 Å². The van der Waals surface area contributed by atoms with Crippen LogP contribution in [-0.4, -0.2) is 11.1 Å². The molecule has 0 saturated carbocycles. The fourth-order valence-corrected chi connectivity index (χ4v) is 1.75. The highest BCUT2D eigenvalue weighted by Gasteiger charge is 2.14. The van der Waals surface area contributed by atoms with Crippen molar-refractivity contribution in [3.05, 3.63) is 66.0 Å². The fraction of sp³-hybridized carbons (Fsp3) is 0. The van der Waals surface area contributed by atoms with Gasteiger partial charge in [0.05, 0.1) is 5.57 Å². The molecule has 0 saturated heterocycles. The van der Waals surface area contributed by atoms with Crippen molar-refractivity contribution in [1.82, 2.24) is 0 Å². The van der Waals surface area contributed by atoms with Crippen molar-refractivity contribution in [3.63, 3.8) is 0 Å². The summed E-state index contributed by atoms with van der Waals surface area (Å²) < 4.78 is 40.3. The zero-order valence-corrected chi connectivity index (χ0v) is 10.2. The molecule has 0 bridgehead atoms. The van der Waals surface area contributed by atoms with E-state index in [4.69, 9.17) is 5.11 Å². The van der Waals surface area contributed by atoms with Gasteiger partial charge in [0.15, 0.2) is 0 Å². The van der Waals surface area contributed by atoms with Gasteiger partial charge in [-0.25, -0.2) is 18.0 Å². The Morgan fingerprint density at radius 2 is 1.50 bits per heavy atom. The second kappa shape index (κ2) is 5.21. The second-order valence-corrected chi connectivity index (χ2v) is 4.10. The number of carbonyl (C=O) groups is 1. The van der Waals surface area contributed by atoms with Crippen LogP contribution in [0.1, 0.15) is 5.56 Å². The van der Waals surface area contributed by atoms with Gasteiger partial charge in [-0.2, -0.15) is 0 Å². The third-order valence-corrected chi connectivity index (χ3v) is 2.80. The van der Waals surface area contributed by atoms with E-state index in [1.54, 1.807) is 0 Å². The van der Waals surface area contributed by atoms with Gasteiger partial charge in [0.25, 0.3) is 0 Å². The van der Waals surface area contributed by atoms with E-state index in [0.29, 0.717) is 6.07 Å². The maximum absolute atomic E-state index is 13.9. The van der Waals surface area contributed by atoms with Gasteiger partial charge < -0.3 is 5.11 Å². The molecule has 2 rings (SSSR count). The Hall–Kier alpha value is -2.56. The first kappa shape index (κ1) is 13.9. The number of halogens is 3. The molecule has 0 fully saturated rings. The lowest BCUT2D eigenvalue weighted by molar-refractivity contribution is -0.130. The molecular formula is C15H9F3O2. The fourth-order valence-electron chi connectivity index (χ4n) is 1.75. The van der Waals surface area contributed by atoms with Crippen molar-refractivity contribution in [3.8, 4) is 11.1 Å². The Bertz CT molecular complexity index is 708. The highest BCUT2D eigenvalue weighted by molar-refractivity contribution is 6.14. The monoisotopic (exact) mass is 278 g/mol. The summed E-state index contributed by atoms with van der Waals surface area (Å²) in [5.74, 6) is -3.74. The van der Waals surface area contributed by atoms with Crippen LogP contribution in [0.2, 0.25) is 0 Å². The molecule has 1 N–H and O–H groups in total. The van der Waals surface area contributed by atoms with E-state index >= 15 is 0 Å². The summed E-state index contributed by atoms with van der Waals surface area (Å²) in [6, 6.07) is 6.29. The van der Waals surface area contributed by atoms with Gasteiger partial charge in [0.1, 0.15) is 17.5 Å². The van der Waals surface area contributed by atoms with Crippen LogP contribution in [0.3, 0.4) is 0 Å². The molecule has 2 aromatic rings. The highest BCUT2D eigenvalue weighted by Crippen LogP contribution is 2.28. The highest BCUT2D eigenvalue weighted by atomic mass is 19.1. The topological polar surface area (TPSA) is 37.3 Å². The number of hydrogen-bond acceptors (Lipinski definition) is 1. The molecule has 0 aromatic heterocycles. The number of aliphatic carboxylic acids is 1. The van der Waals surface area contributed by atoms with Crippen LogP contribution in [0.4, 0.5) is 13.2 Å². The summed E-state index contributed by atoms with van der Waals surface area (Å²) >= 11 is 0. The molecule has 0 unspecified atom stereocenters. The van der Waals surface area contributed by atoms with Crippen LogP contribution < -0.4 is 0 Å². The van der Waals surface area contributed by atoms with E-state index in [0.717, 1.165) is 18.2 Å². The Labute approximate surface area is 112 Å². The Morgan fingerprint density at radius 1 is 0.950 bits per heavy atom. The third-order valence-electron chi connectivity index (χ3n) is 2.80. The van der Waals surface area contributed by atoms with E-state index in [2.05, 4.69) is 6.58 Å². The zero-order chi connectivity index (χ0) is 14.9. The van der Waals surface area contributed by atoms with Crippen molar-refractivity contribution < 1.29 is 23.1 Å².